The Kier molecular flexibility index (Phi) is 7.00. The first-order chi connectivity index (χ1) is 15.3. The Labute approximate surface area is 209 Å². The summed E-state index contributed by atoms with van der Waals surface area (Å²) in [4.78, 5) is 16.6. The highest BCUT2D eigenvalue weighted by Gasteiger charge is 2.26. The average Bonchev–Trinajstić information content (AvgIpc) is 3.08. The Bertz CT molecular complexity index is 1250. The van der Waals surface area contributed by atoms with Gasteiger partial charge in [-0.3, -0.25) is 0 Å². The van der Waals surface area contributed by atoms with Gasteiger partial charge in [-0.15, -0.1) is 0 Å². The zero-order chi connectivity index (χ0) is 22.8. The van der Waals surface area contributed by atoms with Gasteiger partial charge in [-0.05, 0) is 91.5 Å². The van der Waals surface area contributed by atoms with Gasteiger partial charge in [-0.1, -0.05) is 35.3 Å². The molecule has 0 fully saturated rings. The Hall–Kier alpha value is -2.19. The number of cyclic esters (lactones) is 1. The summed E-state index contributed by atoms with van der Waals surface area (Å²) in [5, 5.41) is 0.800. The molecule has 0 aliphatic carbocycles. The van der Waals surface area contributed by atoms with Gasteiger partial charge < -0.3 is 9.47 Å². The first kappa shape index (κ1) is 23.0. The van der Waals surface area contributed by atoms with Crippen molar-refractivity contribution in [3.63, 3.8) is 0 Å². The van der Waals surface area contributed by atoms with Crippen molar-refractivity contribution < 1.29 is 18.7 Å². The minimum atomic E-state index is -0.588. The van der Waals surface area contributed by atoms with Crippen LogP contribution in [0.15, 0.2) is 74.2 Å². The lowest BCUT2D eigenvalue weighted by atomic mass is 10.2. The minimum absolute atomic E-state index is 0.111. The molecule has 0 saturated heterocycles. The molecule has 0 unspecified atom stereocenters. The van der Waals surface area contributed by atoms with Crippen LogP contribution in [-0.4, -0.2) is 11.9 Å². The van der Waals surface area contributed by atoms with Crippen LogP contribution in [0, 0.1) is 5.82 Å². The van der Waals surface area contributed by atoms with Gasteiger partial charge in [-0.2, -0.15) is 0 Å². The van der Waals surface area contributed by atoms with Gasteiger partial charge in [0.15, 0.2) is 5.70 Å². The van der Waals surface area contributed by atoms with Crippen molar-refractivity contribution >= 4 is 73.0 Å². The summed E-state index contributed by atoms with van der Waals surface area (Å²) < 4.78 is 25.5. The zero-order valence-corrected chi connectivity index (χ0v) is 20.7. The smallest absolute Gasteiger partial charge is 0.363 e. The van der Waals surface area contributed by atoms with Crippen molar-refractivity contribution in [2.75, 3.05) is 0 Å². The van der Waals surface area contributed by atoms with Gasteiger partial charge in [0, 0.05) is 5.02 Å². The Morgan fingerprint density at radius 2 is 1.72 bits per heavy atom. The summed E-state index contributed by atoms with van der Waals surface area (Å²) in [7, 11) is 0. The largest absolute Gasteiger partial charge is 0.487 e. The molecule has 0 aromatic heterocycles. The van der Waals surface area contributed by atoms with E-state index in [4.69, 9.17) is 32.7 Å². The molecule has 1 heterocycles. The lowest BCUT2D eigenvalue weighted by Crippen LogP contribution is -2.05. The number of ether oxygens (including phenoxy) is 2. The molecule has 162 valence electrons. The number of hydrogen-bond donors (Lipinski definition) is 0. The summed E-state index contributed by atoms with van der Waals surface area (Å²) in [6.45, 7) is 0.264. The second kappa shape index (κ2) is 9.75. The third-order valence-electron chi connectivity index (χ3n) is 4.40. The van der Waals surface area contributed by atoms with Crippen LogP contribution in [0.5, 0.6) is 5.75 Å². The summed E-state index contributed by atoms with van der Waals surface area (Å²) in [6.07, 6.45) is 1.60. The van der Waals surface area contributed by atoms with Crippen LogP contribution in [0.1, 0.15) is 16.7 Å². The number of carbonyl (C=O) groups is 1. The van der Waals surface area contributed by atoms with Crippen molar-refractivity contribution in [2.45, 2.75) is 6.61 Å². The fourth-order valence-electron chi connectivity index (χ4n) is 2.88. The van der Waals surface area contributed by atoms with Gasteiger partial charge in [0.25, 0.3) is 0 Å². The first-order valence-corrected chi connectivity index (χ1v) is 11.5. The van der Waals surface area contributed by atoms with Crippen LogP contribution in [0.2, 0.25) is 10.0 Å². The third kappa shape index (κ3) is 5.23. The molecule has 0 radical (unpaired) electrons. The fourth-order valence-corrected chi connectivity index (χ4v) is 4.82. The molecular weight excluding hydrogens is 588 g/mol. The summed E-state index contributed by atoms with van der Waals surface area (Å²) >= 11 is 19.1. The van der Waals surface area contributed by atoms with Gasteiger partial charge >= 0.3 is 5.97 Å². The van der Waals surface area contributed by atoms with Gasteiger partial charge in [-0.25, -0.2) is 14.2 Å². The minimum Gasteiger partial charge on any atom is -0.487 e. The molecule has 1 aliphatic rings. The van der Waals surface area contributed by atoms with Crippen molar-refractivity contribution in [1.29, 1.82) is 0 Å². The highest BCUT2D eigenvalue weighted by Crippen LogP contribution is 2.36. The molecule has 1 aliphatic heterocycles. The molecule has 0 spiro atoms. The number of hydrogen-bond acceptors (Lipinski definition) is 4. The number of halogens is 5. The van der Waals surface area contributed by atoms with Crippen LogP contribution >= 0.6 is 55.1 Å². The van der Waals surface area contributed by atoms with Crippen molar-refractivity contribution in [3.05, 3.63) is 102 Å². The molecular formula is C23H12Br2Cl2FNO3. The molecule has 4 nitrogen and oxygen atoms in total. The van der Waals surface area contributed by atoms with Crippen molar-refractivity contribution in [1.82, 2.24) is 0 Å². The number of esters is 1. The van der Waals surface area contributed by atoms with Crippen molar-refractivity contribution in [2.24, 2.45) is 4.99 Å². The van der Waals surface area contributed by atoms with E-state index in [0.29, 0.717) is 35.9 Å². The molecule has 9 heteroatoms. The van der Waals surface area contributed by atoms with E-state index in [9.17, 15) is 9.18 Å². The average molecular weight is 600 g/mol. The highest BCUT2D eigenvalue weighted by molar-refractivity contribution is 9.11. The number of benzene rings is 3. The van der Waals surface area contributed by atoms with E-state index in [2.05, 4.69) is 36.9 Å². The van der Waals surface area contributed by atoms with Gasteiger partial charge in [0.2, 0.25) is 5.90 Å². The third-order valence-corrected chi connectivity index (χ3v) is 6.13. The number of carbonyl (C=O) groups excluding carboxylic acids is 1. The predicted molar refractivity (Wildman–Crippen MR) is 130 cm³/mol. The van der Waals surface area contributed by atoms with Crippen molar-refractivity contribution in [3.8, 4) is 5.75 Å². The SMILES string of the molecule is O=C1OC(c2ccc(Cl)cc2Cl)=N/C1=C\c1cc(Br)c(OCc2ccc(F)cc2)c(Br)c1. The molecule has 32 heavy (non-hydrogen) atoms. The number of aliphatic imine (C=N–C) groups is 1. The molecule has 3 aromatic carbocycles. The van der Waals surface area contributed by atoms with E-state index < -0.39 is 5.97 Å². The fraction of sp³-hybridized carbons (Fsp3) is 0.0435. The van der Waals surface area contributed by atoms with Crippen LogP contribution in [0.4, 0.5) is 4.39 Å². The molecule has 0 saturated carbocycles. The number of nitrogens with zero attached hydrogens (tertiary/aromatic N) is 1. The summed E-state index contributed by atoms with van der Waals surface area (Å²) in [6, 6.07) is 14.5. The van der Waals surface area contributed by atoms with Gasteiger partial charge in [0.1, 0.15) is 18.2 Å². The monoisotopic (exact) mass is 597 g/mol. The van der Waals surface area contributed by atoms with Gasteiger partial charge in [0.05, 0.1) is 19.5 Å². The lowest BCUT2D eigenvalue weighted by Gasteiger charge is -2.11. The maximum absolute atomic E-state index is 13.1. The molecule has 0 bridgehead atoms. The molecule has 3 aromatic rings. The predicted octanol–water partition coefficient (Wildman–Crippen LogP) is 7.58. The molecule has 0 amide bonds. The van der Waals surface area contributed by atoms with E-state index in [1.54, 1.807) is 48.5 Å². The summed E-state index contributed by atoms with van der Waals surface area (Å²) in [5.74, 6) is -0.208. The maximum atomic E-state index is 13.1. The Morgan fingerprint density at radius 1 is 1.03 bits per heavy atom. The molecule has 4 rings (SSSR count). The standard InChI is InChI=1S/C23H12Br2Cl2FNO3/c24-17-7-13(8-18(25)21(17)31-11-12-1-4-15(28)5-2-12)9-20-23(30)32-22(29-20)16-6-3-14(26)10-19(16)27/h1-10H,11H2/b20-9-. The second-order valence-corrected chi connectivity index (χ2v) is 9.24. The van der Waals surface area contributed by atoms with E-state index in [-0.39, 0.29) is 24.0 Å². The quantitative estimate of drug-likeness (QED) is 0.224. The Balaban J connectivity index is 1.56. The lowest BCUT2D eigenvalue weighted by molar-refractivity contribution is -0.129. The number of rotatable bonds is 5. The maximum Gasteiger partial charge on any atom is 0.363 e. The normalized spacial score (nSPS) is 14.5. The summed E-state index contributed by atoms with van der Waals surface area (Å²) in [5.41, 5.74) is 2.12. The molecule has 0 atom stereocenters. The van der Waals surface area contributed by atoms with Crippen LogP contribution in [0.25, 0.3) is 6.08 Å². The van der Waals surface area contributed by atoms with E-state index in [1.807, 2.05) is 0 Å². The van der Waals surface area contributed by atoms with Crippen LogP contribution in [0.3, 0.4) is 0 Å². The first-order valence-electron chi connectivity index (χ1n) is 9.14. The van der Waals surface area contributed by atoms with Crippen LogP contribution < -0.4 is 4.74 Å². The highest BCUT2D eigenvalue weighted by atomic mass is 79.9. The van der Waals surface area contributed by atoms with E-state index >= 15 is 0 Å². The van der Waals surface area contributed by atoms with Crippen LogP contribution in [-0.2, 0) is 16.1 Å². The molecule has 0 N–H and O–H groups in total. The van der Waals surface area contributed by atoms with E-state index in [1.165, 1.54) is 12.1 Å². The topological polar surface area (TPSA) is 47.9 Å². The zero-order valence-electron chi connectivity index (χ0n) is 16.0. The van der Waals surface area contributed by atoms with E-state index in [0.717, 1.165) is 5.56 Å². The Morgan fingerprint density at radius 3 is 2.38 bits per heavy atom. The second-order valence-electron chi connectivity index (χ2n) is 6.69.